The number of benzene rings is 10. The average Bonchev–Trinajstić information content (AvgIpc) is 4.20. The Labute approximate surface area is 373 Å². The van der Waals surface area contributed by atoms with Crippen LogP contribution in [-0.2, 0) is 0 Å². The Hall–Kier alpha value is -7.76. The molecular formula is C60H32N2S2. The van der Waals surface area contributed by atoms with Gasteiger partial charge in [0.15, 0.2) is 0 Å². The van der Waals surface area contributed by atoms with Crippen LogP contribution in [0.1, 0.15) is 0 Å². The highest BCUT2D eigenvalue weighted by molar-refractivity contribution is 7.26. The highest BCUT2D eigenvalue weighted by Gasteiger charge is 2.23. The molecular weight excluding hydrogens is 813 g/mol. The van der Waals surface area contributed by atoms with Gasteiger partial charge in [-0.1, -0.05) is 127 Å². The Bertz CT molecular complexity index is 4470. The van der Waals surface area contributed by atoms with E-state index in [1.54, 1.807) is 0 Å². The molecule has 0 bridgehead atoms. The smallest absolute Gasteiger partial charge is 0.0620 e. The molecule has 16 rings (SSSR count). The van der Waals surface area contributed by atoms with Gasteiger partial charge in [0, 0.05) is 83.4 Å². The van der Waals surface area contributed by atoms with E-state index in [-0.39, 0.29) is 0 Å². The largest absolute Gasteiger partial charge is 0.308 e. The summed E-state index contributed by atoms with van der Waals surface area (Å²) in [5.41, 5.74) is 15.2. The minimum atomic E-state index is 1.23. The van der Waals surface area contributed by atoms with Gasteiger partial charge < -0.3 is 8.80 Å². The maximum atomic E-state index is 2.54. The summed E-state index contributed by atoms with van der Waals surface area (Å²) in [6, 6.07) is 73.3. The van der Waals surface area contributed by atoms with Crippen molar-refractivity contribution in [3.05, 3.63) is 194 Å². The lowest BCUT2D eigenvalue weighted by molar-refractivity contribution is 1.37. The van der Waals surface area contributed by atoms with Crippen LogP contribution in [0.5, 0.6) is 0 Å². The Morgan fingerprint density at radius 1 is 0.250 bits per heavy atom. The van der Waals surface area contributed by atoms with Crippen molar-refractivity contribution in [2.75, 3.05) is 0 Å². The van der Waals surface area contributed by atoms with Gasteiger partial charge >= 0.3 is 0 Å². The first kappa shape index (κ1) is 33.8. The van der Waals surface area contributed by atoms with Crippen molar-refractivity contribution in [3.63, 3.8) is 0 Å². The van der Waals surface area contributed by atoms with Crippen LogP contribution in [0.4, 0.5) is 0 Å². The van der Waals surface area contributed by atoms with Crippen LogP contribution in [0.15, 0.2) is 194 Å². The summed E-state index contributed by atoms with van der Waals surface area (Å²) < 4.78 is 10.4. The van der Waals surface area contributed by atoms with E-state index in [1.807, 2.05) is 22.7 Å². The maximum absolute atomic E-state index is 2.54. The van der Waals surface area contributed by atoms with Crippen molar-refractivity contribution < 1.29 is 0 Å². The molecule has 2 nitrogen and oxygen atoms in total. The van der Waals surface area contributed by atoms with Crippen LogP contribution in [0.25, 0.3) is 150 Å². The van der Waals surface area contributed by atoms with Gasteiger partial charge in [-0.2, -0.15) is 0 Å². The van der Waals surface area contributed by atoms with Gasteiger partial charge in [-0.15, -0.1) is 22.7 Å². The number of aromatic nitrogens is 2. The topological polar surface area (TPSA) is 8.82 Å². The molecule has 0 spiro atoms. The van der Waals surface area contributed by atoms with E-state index in [4.69, 9.17) is 0 Å². The zero-order valence-corrected chi connectivity index (χ0v) is 35.8. The lowest BCUT2D eigenvalue weighted by atomic mass is 9.95. The van der Waals surface area contributed by atoms with Crippen molar-refractivity contribution in [1.29, 1.82) is 0 Å². The number of rotatable bonds is 3. The van der Waals surface area contributed by atoms with E-state index in [1.165, 1.54) is 150 Å². The minimum absolute atomic E-state index is 1.23. The Balaban J connectivity index is 0.977. The van der Waals surface area contributed by atoms with Gasteiger partial charge in [-0.05, 0) is 100 Å². The van der Waals surface area contributed by atoms with Gasteiger partial charge in [-0.3, -0.25) is 0 Å². The molecule has 0 unspecified atom stereocenters. The normalized spacial score (nSPS) is 12.7. The molecule has 6 aromatic heterocycles. The summed E-state index contributed by atoms with van der Waals surface area (Å²) in [4.78, 5) is 0. The second kappa shape index (κ2) is 12.0. The lowest BCUT2D eigenvalue weighted by Gasteiger charge is -2.08. The Kier molecular flexibility index (Phi) is 6.35. The molecule has 4 heteroatoms. The third-order valence-electron chi connectivity index (χ3n) is 14.4. The third-order valence-corrected chi connectivity index (χ3v) is 16.8. The number of hydrogen-bond acceptors (Lipinski definition) is 2. The first-order valence-electron chi connectivity index (χ1n) is 22.0. The highest BCUT2D eigenvalue weighted by Crippen LogP contribution is 2.48. The maximum Gasteiger partial charge on any atom is 0.0620 e. The van der Waals surface area contributed by atoms with Gasteiger partial charge in [0.25, 0.3) is 0 Å². The molecule has 16 aromatic rings. The van der Waals surface area contributed by atoms with Gasteiger partial charge in [-0.25, -0.2) is 0 Å². The summed E-state index contributed by atoms with van der Waals surface area (Å²) in [5.74, 6) is 0. The molecule has 0 aliphatic carbocycles. The summed E-state index contributed by atoms with van der Waals surface area (Å²) >= 11 is 3.80. The van der Waals surface area contributed by atoms with E-state index < -0.39 is 0 Å². The first-order chi connectivity index (χ1) is 31.7. The summed E-state index contributed by atoms with van der Waals surface area (Å²) in [5, 5.41) is 15.7. The number of fused-ring (bicyclic) bond motifs is 18. The number of thiophene rings is 2. The van der Waals surface area contributed by atoms with E-state index in [0.29, 0.717) is 0 Å². The molecule has 294 valence electrons. The predicted molar refractivity (Wildman–Crippen MR) is 278 cm³/mol. The molecule has 10 aromatic carbocycles. The number of para-hydroxylation sites is 2. The van der Waals surface area contributed by atoms with Gasteiger partial charge in [0.05, 0.1) is 33.1 Å². The van der Waals surface area contributed by atoms with Crippen molar-refractivity contribution in [2.24, 2.45) is 0 Å². The third kappa shape index (κ3) is 4.25. The van der Waals surface area contributed by atoms with Crippen LogP contribution in [0, 0.1) is 0 Å². The molecule has 0 fully saturated rings. The van der Waals surface area contributed by atoms with Crippen LogP contribution < -0.4 is 0 Å². The van der Waals surface area contributed by atoms with Gasteiger partial charge in [0.2, 0.25) is 0 Å². The minimum Gasteiger partial charge on any atom is -0.308 e. The molecule has 0 N–H and O–H groups in total. The van der Waals surface area contributed by atoms with E-state index in [2.05, 4.69) is 203 Å². The highest BCUT2D eigenvalue weighted by atomic mass is 32.1. The fourth-order valence-electron chi connectivity index (χ4n) is 11.6. The standard InChI is InChI=1S/C60H32N2S2/c1-4-19-51-39(10-1)42-15-9-16-43-46-28-33(22-25-52(46)61(51)57(42)43)36-31-49-47-29-34(37-13-7-17-44-40-11-2-5-20-55(40)63-59(37)44)23-26-53(47)62-54-27-24-35(30-48(54)50(32-36)58(49)62)38-14-8-18-45-41-12-3-6-21-56(41)64-60(38)45/h1-32H. The zero-order chi connectivity index (χ0) is 41.4. The SMILES string of the molecule is c1ccc2c(c1)sc1c(-c3ccc4c(c3)c3cc(-c5ccc6c(c5)c5cccc7c8ccccc8n6c75)cc5c6cc(-c7cccc8c7sc7ccccc78)ccc6n4c35)cccc12. The molecule has 0 amide bonds. The molecule has 0 aliphatic rings. The van der Waals surface area contributed by atoms with E-state index >= 15 is 0 Å². The lowest BCUT2D eigenvalue weighted by Crippen LogP contribution is -1.84. The number of nitrogens with zero attached hydrogens (tertiary/aromatic N) is 2. The molecule has 64 heavy (non-hydrogen) atoms. The van der Waals surface area contributed by atoms with Crippen molar-refractivity contribution >= 4 is 139 Å². The summed E-state index contributed by atoms with van der Waals surface area (Å²) in [6.45, 7) is 0. The second-order valence-corrected chi connectivity index (χ2v) is 19.7. The summed E-state index contributed by atoms with van der Waals surface area (Å²) in [6.07, 6.45) is 0. The zero-order valence-electron chi connectivity index (χ0n) is 34.2. The van der Waals surface area contributed by atoms with Crippen LogP contribution in [-0.4, -0.2) is 8.80 Å². The van der Waals surface area contributed by atoms with Crippen LogP contribution >= 0.6 is 22.7 Å². The fourth-order valence-corrected chi connectivity index (χ4v) is 14.1. The second-order valence-electron chi connectivity index (χ2n) is 17.6. The first-order valence-corrected chi connectivity index (χ1v) is 23.6. The van der Waals surface area contributed by atoms with Crippen molar-refractivity contribution in [1.82, 2.24) is 8.80 Å². The van der Waals surface area contributed by atoms with E-state index in [9.17, 15) is 0 Å². The number of hydrogen-bond donors (Lipinski definition) is 0. The summed E-state index contributed by atoms with van der Waals surface area (Å²) in [7, 11) is 0. The Morgan fingerprint density at radius 3 is 1.23 bits per heavy atom. The molecule has 0 saturated heterocycles. The van der Waals surface area contributed by atoms with Crippen LogP contribution in [0.3, 0.4) is 0 Å². The van der Waals surface area contributed by atoms with Crippen molar-refractivity contribution in [3.8, 4) is 33.4 Å². The van der Waals surface area contributed by atoms with Crippen LogP contribution in [0.2, 0.25) is 0 Å². The monoisotopic (exact) mass is 844 g/mol. The fraction of sp³-hybridized carbons (Fsp3) is 0. The molecule has 0 aliphatic heterocycles. The molecule has 6 heterocycles. The molecule has 0 saturated carbocycles. The average molecular weight is 845 g/mol. The molecule has 0 radical (unpaired) electrons. The Morgan fingerprint density at radius 2 is 0.641 bits per heavy atom. The predicted octanol–water partition coefficient (Wildman–Crippen LogP) is 17.7. The molecule has 0 atom stereocenters. The quantitative estimate of drug-likeness (QED) is 0.168. The van der Waals surface area contributed by atoms with Crippen molar-refractivity contribution in [2.45, 2.75) is 0 Å². The van der Waals surface area contributed by atoms with E-state index in [0.717, 1.165) is 0 Å². The van der Waals surface area contributed by atoms with Gasteiger partial charge in [0.1, 0.15) is 0 Å².